The molecule has 146 valence electrons. The van der Waals surface area contributed by atoms with E-state index in [1.165, 1.54) is 16.9 Å². The lowest BCUT2D eigenvalue weighted by Crippen LogP contribution is -2.39. The summed E-state index contributed by atoms with van der Waals surface area (Å²) in [5, 5.41) is 5.28. The second kappa shape index (κ2) is 9.50. The second-order valence-corrected chi connectivity index (χ2v) is 7.72. The Bertz CT molecular complexity index is 769. The third kappa shape index (κ3) is 5.79. The molecule has 1 N–H and O–H groups in total. The van der Waals surface area contributed by atoms with E-state index in [0.29, 0.717) is 24.1 Å². The number of aromatic nitrogens is 1. The maximum Gasteiger partial charge on any atom is 0.357 e. The first-order valence-corrected chi connectivity index (χ1v) is 9.98. The summed E-state index contributed by atoms with van der Waals surface area (Å²) in [6.45, 7) is 10.5. The van der Waals surface area contributed by atoms with Crippen LogP contribution in [0.4, 0.5) is 10.5 Å². The average molecular weight is 390 g/mol. The summed E-state index contributed by atoms with van der Waals surface area (Å²) in [4.78, 5) is 30.5. The Hall–Kier alpha value is -2.41. The van der Waals surface area contributed by atoms with Gasteiger partial charge in [0, 0.05) is 17.1 Å². The number of rotatable bonds is 7. The number of esters is 1. The smallest absolute Gasteiger partial charge is 0.357 e. The molecule has 0 aliphatic carbocycles. The van der Waals surface area contributed by atoms with Gasteiger partial charge < -0.3 is 15.0 Å². The number of thiazole rings is 1. The summed E-state index contributed by atoms with van der Waals surface area (Å²) in [7, 11) is 0. The lowest BCUT2D eigenvalue weighted by atomic mass is 10.0. The van der Waals surface area contributed by atoms with Crippen molar-refractivity contribution in [2.45, 2.75) is 53.1 Å². The molecule has 7 heteroatoms. The normalized spacial score (nSPS) is 10.9. The van der Waals surface area contributed by atoms with E-state index in [2.05, 4.69) is 24.1 Å². The lowest BCUT2D eigenvalue weighted by molar-refractivity contribution is 0.0520. The minimum atomic E-state index is -0.439. The van der Waals surface area contributed by atoms with Crippen LogP contribution < -0.4 is 5.32 Å². The van der Waals surface area contributed by atoms with E-state index in [9.17, 15) is 9.59 Å². The fourth-order valence-electron chi connectivity index (χ4n) is 2.46. The summed E-state index contributed by atoms with van der Waals surface area (Å²) in [6, 6.07) is 7.64. The van der Waals surface area contributed by atoms with Crippen LogP contribution in [0.1, 0.15) is 61.6 Å². The molecule has 0 spiro atoms. The number of amides is 2. The Morgan fingerprint density at radius 2 is 1.85 bits per heavy atom. The van der Waals surface area contributed by atoms with Gasteiger partial charge in [0.1, 0.15) is 5.01 Å². The molecule has 0 bridgehead atoms. The molecule has 0 aliphatic heterocycles. The highest BCUT2D eigenvalue weighted by Crippen LogP contribution is 2.19. The van der Waals surface area contributed by atoms with Crippen LogP contribution in [0.25, 0.3) is 0 Å². The standard InChI is InChI=1S/C20H27N3O3S/c1-6-26-19(24)17-12-27-18(22-17)11-23(14(4)5)20(25)21-16-9-7-15(8-10-16)13(2)3/h7-10,12-14H,6,11H2,1-5H3,(H,21,25). The molecule has 1 aromatic carbocycles. The Balaban J connectivity index is 2.05. The Labute approximate surface area is 164 Å². The minimum absolute atomic E-state index is 0.0186. The van der Waals surface area contributed by atoms with Gasteiger partial charge in [-0.15, -0.1) is 11.3 Å². The van der Waals surface area contributed by atoms with Crippen LogP contribution in [0.3, 0.4) is 0 Å². The molecule has 0 saturated heterocycles. The van der Waals surface area contributed by atoms with E-state index in [1.54, 1.807) is 17.2 Å². The number of ether oxygens (including phenoxy) is 1. The predicted molar refractivity (Wildman–Crippen MR) is 108 cm³/mol. The van der Waals surface area contributed by atoms with Gasteiger partial charge in [0.15, 0.2) is 5.69 Å². The number of carbonyl (C=O) groups is 2. The molecule has 0 atom stereocenters. The Morgan fingerprint density at radius 1 is 1.19 bits per heavy atom. The fraction of sp³-hybridized carbons (Fsp3) is 0.450. The number of nitrogens with one attached hydrogen (secondary N) is 1. The molecular weight excluding hydrogens is 362 g/mol. The van der Waals surface area contributed by atoms with Gasteiger partial charge in [0.2, 0.25) is 0 Å². The molecule has 27 heavy (non-hydrogen) atoms. The molecule has 0 saturated carbocycles. The van der Waals surface area contributed by atoms with E-state index >= 15 is 0 Å². The van der Waals surface area contributed by atoms with Crippen LogP contribution in [-0.4, -0.2) is 34.5 Å². The van der Waals surface area contributed by atoms with Gasteiger partial charge >= 0.3 is 12.0 Å². The van der Waals surface area contributed by atoms with Gasteiger partial charge in [-0.1, -0.05) is 26.0 Å². The van der Waals surface area contributed by atoms with Crippen LogP contribution in [-0.2, 0) is 11.3 Å². The topological polar surface area (TPSA) is 71.5 Å². The van der Waals surface area contributed by atoms with Gasteiger partial charge in [0.25, 0.3) is 0 Å². The number of hydrogen-bond acceptors (Lipinski definition) is 5. The molecular formula is C20H27N3O3S. The average Bonchev–Trinajstić information content (AvgIpc) is 3.09. The van der Waals surface area contributed by atoms with Crippen molar-refractivity contribution in [2.75, 3.05) is 11.9 Å². The van der Waals surface area contributed by atoms with Crippen molar-refractivity contribution in [1.82, 2.24) is 9.88 Å². The van der Waals surface area contributed by atoms with E-state index in [1.807, 2.05) is 38.1 Å². The van der Waals surface area contributed by atoms with Gasteiger partial charge in [0.05, 0.1) is 13.2 Å². The first-order valence-electron chi connectivity index (χ1n) is 9.10. The zero-order valence-corrected chi connectivity index (χ0v) is 17.3. The summed E-state index contributed by atoms with van der Waals surface area (Å²) < 4.78 is 4.96. The van der Waals surface area contributed by atoms with E-state index in [4.69, 9.17) is 4.74 Å². The van der Waals surface area contributed by atoms with Crippen molar-refractivity contribution in [3.63, 3.8) is 0 Å². The number of benzene rings is 1. The zero-order valence-electron chi connectivity index (χ0n) is 16.5. The van der Waals surface area contributed by atoms with Crippen molar-refractivity contribution in [3.8, 4) is 0 Å². The van der Waals surface area contributed by atoms with Gasteiger partial charge in [-0.05, 0) is 44.4 Å². The summed E-state index contributed by atoms with van der Waals surface area (Å²) in [5.41, 5.74) is 2.26. The number of carbonyl (C=O) groups excluding carboxylic acids is 2. The Kier molecular flexibility index (Phi) is 7.36. The second-order valence-electron chi connectivity index (χ2n) is 6.78. The molecule has 2 aromatic rings. The minimum Gasteiger partial charge on any atom is -0.461 e. The van der Waals surface area contributed by atoms with E-state index < -0.39 is 5.97 Å². The molecule has 0 radical (unpaired) electrons. The molecule has 2 amide bonds. The molecule has 1 heterocycles. The van der Waals surface area contributed by atoms with Crippen molar-refractivity contribution in [3.05, 3.63) is 45.9 Å². The summed E-state index contributed by atoms with van der Waals surface area (Å²) in [5.74, 6) is 0.00574. The van der Waals surface area contributed by atoms with Crippen LogP contribution in [0, 0.1) is 0 Å². The monoisotopic (exact) mass is 389 g/mol. The third-order valence-electron chi connectivity index (χ3n) is 4.05. The highest BCUT2D eigenvalue weighted by atomic mass is 32.1. The van der Waals surface area contributed by atoms with Crippen molar-refractivity contribution < 1.29 is 14.3 Å². The highest BCUT2D eigenvalue weighted by molar-refractivity contribution is 7.09. The zero-order chi connectivity index (χ0) is 20.0. The summed E-state index contributed by atoms with van der Waals surface area (Å²) >= 11 is 1.34. The lowest BCUT2D eigenvalue weighted by Gasteiger charge is -2.26. The maximum atomic E-state index is 12.7. The van der Waals surface area contributed by atoms with E-state index in [-0.39, 0.29) is 17.8 Å². The molecule has 0 fully saturated rings. The Morgan fingerprint density at radius 3 is 2.41 bits per heavy atom. The molecule has 0 aliphatic rings. The SMILES string of the molecule is CCOC(=O)c1csc(CN(C(=O)Nc2ccc(C(C)C)cc2)C(C)C)n1. The fourth-order valence-corrected chi connectivity index (χ4v) is 3.22. The highest BCUT2D eigenvalue weighted by Gasteiger charge is 2.20. The van der Waals surface area contributed by atoms with E-state index in [0.717, 1.165) is 5.69 Å². The number of urea groups is 1. The quantitative estimate of drug-likeness (QED) is 0.685. The van der Waals surface area contributed by atoms with Gasteiger partial charge in [-0.3, -0.25) is 0 Å². The molecule has 0 unspecified atom stereocenters. The van der Waals surface area contributed by atoms with Crippen molar-refractivity contribution >= 4 is 29.0 Å². The van der Waals surface area contributed by atoms with Crippen LogP contribution in [0.2, 0.25) is 0 Å². The van der Waals surface area contributed by atoms with Gasteiger partial charge in [-0.2, -0.15) is 0 Å². The molecule has 2 rings (SSSR count). The van der Waals surface area contributed by atoms with Crippen molar-refractivity contribution in [1.29, 1.82) is 0 Å². The van der Waals surface area contributed by atoms with Crippen LogP contribution in [0.5, 0.6) is 0 Å². The first kappa shape index (κ1) is 20.9. The first-order chi connectivity index (χ1) is 12.8. The van der Waals surface area contributed by atoms with Crippen molar-refractivity contribution in [2.24, 2.45) is 0 Å². The molecule has 6 nitrogen and oxygen atoms in total. The number of nitrogens with zero attached hydrogens (tertiary/aromatic N) is 2. The maximum absolute atomic E-state index is 12.7. The van der Waals surface area contributed by atoms with Gasteiger partial charge in [-0.25, -0.2) is 14.6 Å². The number of anilines is 1. The summed E-state index contributed by atoms with van der Waals surface area (Å²) in [6.07, 6.45) is 0. The van der Waals surface area contributed by atoms with Crippen LogP contribution in [0.15, 0.2) is 29.6 Å². The number of hydrogen-bond donors (Lipinski definition) is 1. The molecule has 1 aromatic heterocycles. The van der Waals surface area contributed by atoms with Crippen LogP contribution >= 0.6 is 11.3 Å². The predicted octanol–water partition coefficient (Wildman–Crippen LogP) is 4.89. The third-order valence-corrected chi connectivity index (χ3v) is 4.89. The largest absolute Gasteiger partial charge is 0.461 e.